The number of hydrogen-bond acceptors (Lipinski definition) is 9. The molecule has 1 aliphatic rings. The van der Waals surface area contributed by atoms with E-state index in [4.69, 9.17) is 18.9 Å². The van der Waals surface area contributed by atoms with E-state index >= 15 is 0 Å². The highest BCUT2D eigenvalue weighted by Crippen LogP contribution is 2.30. The molecule has 0 spiro atoms. The van der Waals surface area contributed by atoms with Crippen molar-refractivity contribution >= 4 is 27.1 Å². The number of rotatable bonds is 9. The number of anilines is 1. The minimum absolute atomic E-state index is 0.0722. The second kappa shape index (κ2) is 12.0. The summed E-state index contributed by atoms with van der Waals surface area (Å²) in [5.74, 6) is 1.71. The molecule has 8 nitrogen and oxygen atoms in total. The second-order valence-electron chi connectivity index (χ2n) is 9.28. The molecular weight excluding hydrogens is 546 g/mol. The number of nitriles is 1. The van der Waals surface area contributed by atoms with Crippen molar-refractivity contribution in [1.82, 2.24) is 4.90 Å². The highest BCUT2D eigenvalue weighted by molar-refractivity contribution is 7.87. The maximum atomic E-state index is 12.9. The Kier molecular flexibility index (Phi) is 8.26. The third-order valence-electron chi connectivity index (χ3n) is 6.78. The van der Waals surface area contributed by atoms with Crippen LogP contribution in [0.1, 0.15) is 10.4 Å². The molecule has 0 N–H and O–H groups in total. The zero-order chi connectivity index (χ0) is 28.1. The van der Waals surface area contributed by atoms with E-state index in [0.717, 1.165) is 60.4 Å². The molecule has 40 heavy (non-hydrogen) atoms. The van der Waals surface area contributed by atoms with E-state index in [1.807, 2.05) is 30.3 Å². The fourth-order valence-corrected chi connectivity index (χ4v) is 6.37. The molecule has 1 saturated heterocycles. The Morgan fingerprint density at radius 2 is 1.55 bits per heavy atom. The molecule has 3 aromatic carbocycles. The van der Waals surface area contributed by atoms with Crippen LogP contribution in [0.3, 0.4) is 0 Å². The minimum Gasteiger partial charge on any atom is -0.493 e. The summed E-state index contributed by atoms with van der Waals surface area (Å²) in [5, 5.41) is 9.02. The van der Waals surface area contributed by atoms with Crippen molar-refractivity contribution in [2.75, 3.05) is 45.3 Å². The monoisotopic (exact) mass is 575 g/mol. The average Bonchev–Trinajstić information content (AvgIpc) is 3.47. The first-order valence-corrected chi connectivity index (χ1v) is 14.9. The van der Waals surface area contributed by atoms with Gasteiger partial charge in [-0.25, -0.2) is 0 Å². The Morgan fingerprint density at radius 3 is 2.17 bits per heavy atom. The van der Waals surface area contributed by atoms with Crippen molar-refractivity contribution in [2.45, 2.75) is 11.4 Å². The van der Waals surface area contributed by atoms with Gasteiger partial charge in [-0.1, -0.05) is 18.2 Å². The predicted molar refractivity (Wildman–Crippen MR) is 156 cm³/mol. The molecule has 5 rings (SSSR count). The Labute approximate surface area is 238 Å². The first-order chi connectivity index (χ1) is 19.4. The summed E-state index contributed by atoms with van der Waals surface area (Å²) in [6, 6.07) is 25.3. The molecule has 1 aromatic heterocycles. The van der Waals surface area contributed by atoms with E-state index in [1.54, 1.807) is 44.6 Å². The molecule has 0 unspecified atom stereocenters. The predicted octanol–water partition coefficient (Wildman–Crippen LogP) is 5.39. The minimum atomic E-state index is -3.98. The highest BCUT2D eigenvalue weighted by Gasteiger charge is 2.20. The van der Waals surface area contributed by atoms with Gasteiger partial charge in [0, 0.05) is 43.3 Å². The number of nitrogens with zero attached hydrogens (tertiary/aromatic N) is 3. The van der Waals surface area contributed by atoms with Crippen LogP contribution in [0.2, 0.25) is 0 Å². The number of thiophene rings is 1. The molecule has 0 bridgehead atoms. The lowest BCUT2D eigenvalue weighted by atomic mass is 10.1. The van der Waals surface area contributed by atoms with Crippen molar-refractivity contribution in [1.29, 1.82) is 5.26 Å². The van der Waals surface area contributed by atoms with Crippen molar-refractivity contribution in [2.24, 2.45) is 0 Å². The van der Waals surface area contributed by atoms with Gasteiger partial charge < -0.3 is 18.6 Å². The Hall–Kier alpha value is -4.04. The molecule has 0 amide bonds. The molecule has 0 radical (unpaired) electrons. The van der Waals surface area contributed by atoms with Crippen molar-refractivity contribution in [3.8, 4) is 33.8 Å². The van der Waals surface area contributed by atoms with Crippen LogP contribution >= 0.6 is 11.3 Å². The summed E-state index contributed by atoms with van der Waals surface area (Å²) in [6.07, 6.45) is 0. The summed E-state index contributed by atoms with van der Waals surface area (Å²) < 4.78 is 41.9. The van der Waals surface area contributed by atoms with Crippen LogP contribution in [0, 0.1) is 11.3 Å². The molecule has 4 aromatic rings. The number of benzene rings is 3. The summed E-state index contributed by atoms with van der Waals surface area (Å²) in [5.41, 5.74) is 3.04. The second-order valence-corrected chi connectivity index (χ2v) is 11.9. The fraction of sp³-hybridized carbons (Fsp3) is 0.233. The van der Waals surface area contributed by atoms with Crippen LogP contribution in [0.5, 0.6) is 17.2 Å². The van der Waals surface area contributed by atoms with Gasteiger partial charge in [0.2, 0.25) is 0 Å². The average molecular weight is 576 g/mol. The van der Waals surface area contributed by atoms with E-state index in [-0.39, 0.29) is 10.6 Å². The Bertz CT molecular complexity index is 1600. The third kappa shape index (κ3) is 6.23. The summed E-state index contributed by atoms with van der Waals surface area (Å²) in [4.78, 5) is 6.26. The van der Waals surface area contributed by atoms with Gasteiger partial charge in [-0.2, -0.15) is 13.7 Å². The van der Waals surface area contributed by atoms with Gasteiger partial charge >= 0.3 is 10.1 Å². The van der Waals surface area contributed by atoms with Gasteiger partial charge in [-0.3, -0.25) is 4.90 Å². The van der Waals surface area contributed by atoms with Crippen molar-refractivity contribution in [3.63, 3.8) is 0 Å². The molecule has 0 saturated carbocycles. The van der Waals surface area contributed by atoms with Crippen LogP contribution in [-0.2, 0) is 16.7 Å². The Morgan fingerprint density at radius 1 is 0.850 bits per heavy atom. The van der Waals surface area contributed by atoms with Crippen LogP contribution < -0.4 is 18.6 Å². The van der Waals surface area contributed by atoms with E-state index in [9.17, 15) is 8.42 Å². The van der Waals surface area contributed by atoms with Crippen LogP contribution in [0.4, 0.5) is 5.69 Å². The van der Waals surface area contributed by atoms with Crippen molar-refractivity contribution < 1.29 is 22.1 Å². The summed E-state index contributed by atoms with van der Waals surface area (Å²) in [6.45, 7) is 4.35. The fourth-order valence-electron chi connectivity index (χ4n) is 4.63. The van der Waals surface area contributed by atoms with Gasteiger partial charge in [0.1, 0.15) is 21.6 Å². The quantitative estimate of drug-likeness (QED) is 0.245. The Balaban J connectivity index is 1.16. The van der Waals surface area contributed by atoms with Crippen LogP contribution in [0.15, 0.2) is 83.8 Å². The third-order valence-corrected chi connectivity index (χ3v) is 9.08. The first kappa shape index (κ1) is 27.5. The van der Waals surface area contributed by atoms with Gasteiger partial charge in [-0.05, 0) is 71.8 Å². The molecule has 0 atom stereocenters. The molecule has 206 valence electrons. The topological polar surface area (TPSA) is 92.1 Å². The lowest BCUT2D eigenvalue weighted by Gasteiger charge is -2.36. The van der Waals surface area contributed by atoms with Gasteiger partial charge in [0.15, 0.2) is 11.5 Å². The number of ether oxygens (including phenoxy) is 2. The zero-order valence-electron chi connectivity index (χ0n) is 22.2. The lowest BCUT2D eigenvalue weighted by molar-refractivity contribution is 0.249. The summed E-state index contributed by atoms with van der Waals surface area (Å²) in [7, 11) is -0.708. The van der Waals surface area contributed by atoms with E-state index in [2.05, 4.69) is 21.9 Å². The molecule has 1 fully saturated rings. The van der Waals surface area contributed by atoms with Gasteiger partial charge in [0.25, 0.3) is 0 Å². The van der Waals surface area contributed by atoms with Gasteiger partial charge in [0.05, 0.1) is 14.2 Å². The van der Waals surface area contributed by atoms with Crippen LogP contribution in [0.25, 0.3) is 10.4 Å². The van der Waals surface area contributed by atoms with Gasteiger partial charge in [-0.15, -0.1) is 11.3 Å². The number of methoxy groups -OCH3 is 2. The van der Waals surface area contributed by atoms with E-state index in [0.29, 0.717) is 4.88 Å². The SMILES string of the molecule is COc1ccc(CN2CCN(c3ccc(OS(=O)(=O)c4ccc(-c5ccc(C#N)s5)cc4)cc3)CC2)cc1OC. The lowest BCUT2D eigenvalue weighted by Crippen LogP contribution is -2.45. The smallest absolute Gasteiger partial charge is 0.339 e. The highest BCUT2D eigenvalue weighted by atomic mass is 32.2. The van der Waals surface area contributed by atoms with E-state index < -0.39 is 10.1 Å². The maximum absolute atomic E-state index is 12.9. The molecule has 0 aliphatic carbocycles. The molecule has 10 heteroatoms. The number of hydrogen-bond donors (Lipinski definition) is 0. The molecular formula is C30H29N3O5S2. The first-order valence-electron chi connectivity index (χ1n) is 12.7. The molecule has 2 heterocycles. The molecule has 1 aliphatic heterocycles. The van der Waals surface area contributed by atoms with Crippen LogP contribution in [-0.4, -0.2) is 53.7 Å². The largest absolute Gasteiger partial charge is 0.493 e. The standard InChI is InChI=1S/C30H29N3O5S2/c1-36-28-13-3-22(19-29(28)37-2)21-32-15-17-33(18-16-32)24-6-8-25(9-7-24)38-40(34,35)27-11-4-23(5-12-27)30-14-10-26(20-31)39-30/h3-14,19H,15-18,21H2,1-2H3. The normalized spacial score (nSPS) is 14.0. The number of piperazine rings is 1. The summed E-state index contributed by atoms with van der Waals surface area (Å²) >= 11 is 1.36. The maximum Gasteiger partial charge on any atom is 0.339 e. The van der Waals surface area contributed by atoms with E-state index in [1.165, 1.54) is 29.0 Å². The zero-order valence-corrected chi connectivity index (χ0v) is 23.9. The van der Waals surface area contributed by atoms with Crippen molar-refractivity contribution in [3.05, 3.63) is 89.3 Å².